The minimum Gasteiger partial charge on any atom is -0.912 e. The van der Waals surface area contributed by atoms with Crippen LogP contribution in [0.25, 0.3) is 5.76 Å². The summed E-state index contributed by atoms with van der Waals surface area (Å²) in [5, 5.41) is 34.7. The number of hydrogen-bond acceptors (Lipinski definition) is 7. The molecular formula is C32H29O7PPd2. The average Bonchev–Trinajstić information content (AvgIpc) is 2.96. The second kappa shape index (κ2) is 19.8. The third-order valence-electron chi connectivity index (χ3n) is 5.29. The zero-order chi connectivity index (χ0) is 29.5. The standard InChI is InChI=1S/C28H24O3P.2C2H4O2.2Pd/c1-30-22-18-19-26(28(20-22)31-2)27(29)21-32(23-12-6-3-7-13-23,24-14-8-4-9-15-24)25-16-10-5-11-17-25;2*1-2(3)4;;/h3-16,18,20-21,29H,1-2H3;2*1H3,(H,3,4);;/q-1;;;2*+2/p-3/b27-21-;;;;. The molecule has 0 atom stereocenters. The van der Waals surface area contributed by atoms with E-state index in [9.17, 15) is 5.11 Å². The van der Waals surface area contributed by atoms with E-state index in [0.717, 1.165) is 29.8 Å². The number of carboxylic acid groups (broad SMARTS) is 2. The fraction of sp³-hybridized carbons (Fsp3) is 0.125. The molecule has 42 heavy (non-hydrogen) atoms. The van der Waals surface area contributed by atoms with Crippen molar-refractivity contribution >= 4 is 40.9 Å². The van der Waals surface area contributed by atoms with E-state index in [1.54, 1.807) is 26.4 Å². The summed E-state index contributed by atoms with van der Waals surface area (Å²) in [6.45, 7) is 1.94. The van der Waals surface area contributed by atoms with Crippen molar-refractivity contribution in [3.05, 3.63) is 121 Å². The molecule has 0 aliphatic heterocycles. The average molecular weight is 769 g/mol. The van der Waals surface area contributed by atoms with Gasteiger partial charge in [0.1, 0.15) is 17.9 Å². The SMILES string of the molecule is CC(=O)[O-].CC(=O)[O-].COc1c[c-]c(/C([O-])=C/[P+](c2[c-]cccc2)(c2ccccc2)c2ccccc2)c(OC)c1.[Pd+2].[Pd+2]. The maximum Gasteiger partial charge on any atom is 2.00 e. The number of carboxylic acids is 2. The Labute approximate surface area is 274 Å². The Kier molecular flexibility index (Phi) is 18.2. The first kappa shape index (κ1) is 38.7. The number of hydrogen-bond donors (Lipinski definition) is 0. The Bertz CT molecular complexity index is 1280. The van der Waals surface area contributed by atoms with Crippen molar-refractivity contribution in [1.29, 1.82) is 0 Å². The smallest absolute Gasteiger partial charge is 0.912 e. The summed E-state index contributed by atoms with van der Waals surface area (Å²) in [7, 11) is 0.654. The van der Waals surface area contributed by atoms with Gasteiger partial charge in [-0.2, -0.15) is 24.0 Å². The van der Waals surface area contributed by atoms with E-state index in [0.29, 0.717) is 17.1 Å². The van der Waals surface area contributed by atoms with E-state index in [2.05, 4.69) is 36.4 Å². The zero-order valence-electron chi connectivity index (χ0n) is 23.3. The molecule has 0 saturated carbocycles. The molecule has 0 amide bonds. The van der Waals surface area contributed by atoms with Gasteiger partial charge in [-0.1, -0.05) is 42.5 Å². The van der Waals surface area contributed by atoms with Crippen molar-refractivity contribution in [2.24, 2.45) is 0 Å². The number of aliphatic carboxylic acids is 2. The van der Waals surface area contributed by atoms with Gasteiger partial charge in [0.15, 0.2) is 0 Å². The molecule has 0 radical (unpaired) electrons. The summed E-state index contributed by atoms with van der Waals surface area (Å²) in [6.07, 6.45) is 0. The molecule has 0 unspecified atom stereocenters. The second-order valence-corrected chi connectivity index (χ2v) is 11.3. The Balaban J connectivity index is 0.00000150. The minimum absolute atomic E-state index is 0. The zero-order valence-corrected chi connectivity index (χ0v) is 27.3. The summed E-state index contributed by atoms with van der Waals surface area (Å²) in [4.78, 5) is 17.8. The number of benzene rings is 4. The van der Waals surface area contributed by atoms with Gasteiger partial charge in [-0.05, 0) is 43.4 Å². The van der Waals surface area contributed by atoms with E-state index >= 15 is 0 Å². The summed E-state index contributed by atoms with van der Waals surface area (Å²) in [5.74, 6) is 0.552. The first-order chi connectivity index (χ1) is 19.1. The molecule has 4 aromatic carbocycles. The topological polar surface area (TPSA) is 122 Å². The van der Waals surface area contributed by atoms with Crippen LogP contribution < -0.4 is 40.7 Å². The maximum absolute atomic E-state index is 13.8. The molecular weight excluding hydrogens is 740 g/mol. The molecule has 0 aliphatic carbocycles. The second-order valence-electron chi connectivity index (χ2n) is 8.10. The molecule has 0 N–H and O–H groups in total. The number of rotatable bonds is 7. The molecule has 10 heteroatoms. The van der Waals surface area contributed by atoms with Crippen molar-refractivity contribution in [3.63, 3.8) is 0 Å². The van der Waals surface area contributed by atoms with Gasteiger partial charge in [0.25, 0.3) is 0 Å². The number of carbonyl (C=O) groups is 2. The molecule has 4 rings (SSSR count). The van der Waals surface area contributed by atoms with Gasteiger partial charge in [-0.25, -0.2) is 0 Å². The van der Waals surface area contributed by atoms with Crippen LogP contribution in [0, 0.1) is 12.1 Å². The van der Waals surface area contributed by atoms with Crippen molar-refractivity contribution in [3.8, 4) is 11.5 Å². The molecule has 0 aliphatic rings. The van der Waals surface area contributed by atoms with E-state index in [-0.39, 0.29) is 46.6 Å². The Morgan fingerprint density at radius 3 is 1.62 bits per heavy atom. The summed E-state index contributed by atoms with van der Waals surface area (Å²) in [5.41, 5.74) is 0.375. The number of ether oxygens (including phenoxy) is 2. The Hall–Kier alpha value is -3.29. The molecule has 0 spiro atoms. The Morgan fingerprint density at radius 2 is 1.21 bits per heavy atom. The van der Waals surface area contributed by atoms with Crippen LogP contribution in [0.4, 0.5) is 0 Å². The van der Waals surface area contributed by atoms with Crippen molar-refractivity contribution < 1.29 is 75.2 Å². The predicted molar refractivity (Wildman–Crippen MR) is 152 cm³/mol. The quantitative estimate of drug-likeness (QED) is 0.121. The van der Waals surface area contributed by atoms with Gasteiger partial charge in [0.2, 0.25) is 0 Å². The number of methoxy groups -OCH3 is 2. The van der Waals surface area contributed by atoms with Crippen LogP contribution in [0.2, 0.25) is 0 Å². The van der Waals surface area contributed by atoms with Crippen LogP contribution in [0.3, 0.4) is 0 Å². The van der Waals surface area contributed by atoms with Crippen LogP contribution >= 0.6 is 7.26 Å². The molecule has 0 aromatic heterocycles. The van der Waals surface area contributed by atoms with E-state index in [4.69, 9.17) is 29.3 Å². The summed E-state index contributed by atoms with van der Waals surface area (Å²) < 4.78 is 10.8. The van der Waals surface area contributed by atoms with E-state index in [1.165, 1.54) is 0 Å². The largest absolute Gasteiger partial charge is 2.00 e. The van der Waals surface area contributed by atoms with Crippen LogP contribution in [0.1, 0.15) is 19.4 Å². The molecule has 224 valence electrons. The van der Waals surface area contributed by atoms with Crippen LogP contribution in [0.15, 0.2) is 103 Å². The first-order valence-corrected chi connectivity index (χ1v) is 13.9. The van der Waals surface area contributed by atoms with Crippen molar-refractivity contribution in [2.75, 3.05) is 14.2 Å². The normalized spacial score (nSPS) is 10.1. The van der Waals surface area contributed by atoms with Gasteiger partial charge in [-0.3, -0.25) is 0 Å². The first-order valence-electron chi connectivity index (χ1n) is 12.0. The third kappa shape index (κ3) is 11.2. The molecule has 0 fully saturated rings. The molecule has 7 nitrogen and oxygen atoms in total. The van der Waals surface area contributed by atoms with Gasteiger partial charge in [0, 0.05) is 29.3 Å². The number of carbonyl (C=O) groups excluding carboxylic acids is 2. The maximum atomic E-state index is 13.8. The van der Waals surface area contributed by atoms with Crippen LogP contribution in [-0.2, 0) is 50.4 Å². The Morgan fingerprint density at radius 1 is 0.738 bits per heavy atom. The molecule has 0 bridgehead atoms. The van der Waals surface area contributed by atoms with Gasteiger partial charge in [0.05, 0.1) is 14.2 Å². The van der Waals surface area contributed by atoms with Crippen molar-refractivity contribution in [2.45, 2.75) is 13.8 Å². The van der Waals surface area contributed by atoms with Gasteiger partial charge in [-0.15, -0.1) is 29.8 Å². The van der Waals surface area contributed by atoms with Gasteiger partial charge >= 0.3 is 40.8 Å². The minimum atomic E-state index is -2.46. The summed E-state index contributed by atoms with van der Waals surface area (Å²) >= 11 is 0. The monoisotopic (exact) mass is 768 g/mol. The fourth-order valence-electron chi connectivity index (χ4n) is 3.74. The van der Waals surface area contributed by atoms with Crippen LogP contribution in [-0.4, -0.2) is 26.2 Å². The third-order valence-corrected chi connectivity index (χ3v) is 9.18. The molecule has 4 aromatic rings. The summed E-state index contributed by atoms with van der Waals surface area (Å²) in [6, 6.07) is 38.1. The van der Waals surface area contributed by atoms with E-state index in [1.807, 2.05) is 66.5 Å². The van der Waals surface area contributed by atoms with Crippen LogP contribution in [0.5, 0.6) is 11.5 Å². The fourth-order valence-corrected chi connectivity index (χ4v) is 7.40. The predicted octanol–water partition coefficient (Wildman–Crippen LogP) is 1.46. The van der Waals surface area contributed by atoms with Gasteiger partial charge < -0.3 is 34.4 Å². The molecule has 0 saturated heterocycles. The molecule has 0 heterocycles. The van der Waals surface area contributed by atoms with Crippen molar-refractivity contribution in [1.82, 2.24) is 0 Å². The van der Waals surface area contributed by atoms with E-state index < -0.39 is 19.2 Å².